The second-order valence-corrected chi connectivity index (χ2v) is 8.38. The van der Waals surface area contributed by atoms with E-state index in [0.29, 0.717) is 5.69 Å². The number of carbonyl (C=O) groups is 3. The molecule has 1 aliphatic rings. The molecule has 4 rings (SSSR count). The maximum atomic E-state index is 13.3. The first kappa shape index (κ1) is 23.1. The Labute approximate surface area is 202 Å². The highest BCUT2D eigenvalue weighted by Gasteiger charge is 2.34. The zero-order valence-electron chi connectivity index (χ0n) is 19.0. The predicted molar refractivity (Wildman–Crippen MR) is 134 cm³/mol. The van der Waals surface area contributed by atoms with E-state index in [1.807, 2.05) is 19.9 Å². The number of aryl methyl sites for hydroxylation is 2. The molecule has 0 unspecified atom stereocenters. The third-order valence-electron chi connectivity index (χ3n) is 5.85. The van der Waals surface area contributed by atoms with Gasteiger partial charge in [-0.2, -0.15) is 0 Å². The van der Waals surface area contributed by atoms with E-state index in [-0.39, 0.29) is 16.2 Å². The Bertz CT molecular complexity index is 1350. The van der Waals surface area contributed by atoms with Crippen molar-refractivity contribution in [3.05, 3.63) is 88.2 Å². The summed E-state index contributed by atoms with van der Waals surface area (Å²) in [6.45, 7) is 6.01. The Hall–Kier alpha value is -4.04. The van der Waals surface area contributed by atoms with Gasteiger partial charge in [-0.1, -0.05) is 19.1 Å². The molecule has 0 saturated carbocycles. The molecule has 3 aromatic rings. The minimum Gasteiger partial charge on any atom is -0.478 e. The number of aromatic nitrogens is 1. The number of rotatable bonds is 5. The molecule has 2 heterocycles. The molecule has 1 aromatic heterocycles. The van der Waals surface area contributed by atoms with Crippen LogP contribution in [0.5, 0.6) is 0 Å². The van der Waals surface area contributed by atoms with E-state index in [1.54, 1.807) is 6.08 Å². The molecule has 2 aromatic carbocycles. The molecular weight excluding hydrogens is 450 g/mol. The third-order valence-corrected chi connectivity index (χ3v) is 6.13. The maximum Gasteiger partial charge on any atom is 0.335 e. The van der Waals surface area contributed by atoms with Crippen LogP contribution in [0.3, 0.4) is 0 Å². The smallest absolute Gasteiger partial charge is 0.335 e. The number of carboxylic acid groups (broad SMARTS) is 1. The van der Waals surface area contributed by atoms with Crippen LogP contribution in [0.25, 0.3) is 11.8 Å². The molecule has 2 amide bonds. The van der Waals surface area contributed by atoms with Crippen LogP contribution in [0.4, 0.5) is 5.69 Å². The van der Waals surface area contributed by atoms with Gasteiger partial charge in [0.15, 0.2) is 5.11 Å². The van der Waals surface area contributed by atoms with Crippen LogP contribution in [0.1, 0.15) is 39.8 Å². The van der Waals surface area contributed by atoms with Gasteiger partial charge in [-0.25, -0.2) is 4.79 Å². The van der Waals surface area contributed by atoms with Crippen molar-refractivity contribution >= 4 is 46.9 Å². The first-order valence-electron chi connectivity index (χ1n) is 10.7. The van der Waals surface area contributed by atoms with Crippen molar-refractivity contribution in [1.82, 2.24) is 9.88 Å². The van der Waals surface area contributed by atoms with E-state index in [0.717, 1.165) is 29.1 Å². The topological polar surface area (TPSA) is 91.6 Å². The van der Waals surface area contributed by atoms with Gasteiger partial charge in [-0.15, -0.1) is 0 Å². The molecule has 0 spiro atoms. The number of anilines is 1. The molecule has 1 saturated heterocycles. The molecule has 0 bridgehead atoms. The highest BCUT2D eigenvalue weighted by atomic mass is 32.1. The number of nitrogens with zero attached hydrogens (tertiary/aromatic N) is 2. The summed E-state index contributed by atoms with van der Waals surface area (Å²) in [6.07, 6.45) is 2.52. The summed E-state index contributed by atoms with van der Waals surface area (Å²) in [5.41, 5.74) is 5.23. The number of carboxylic acids is 1. The van der Waals surface area contributed by atoms with Crippen LogP contribution in [0, 0.1) is 13.8 Å². The molecule has 1 fully saturated rings. The Balaban J connectivity index is 1.71. The lowest BCUT2D eigenvalue weighted by Gasteiger charge is -2.29. The Morgan fingerprint density at radius 2 is 1.65 bits per heavy atom. The van der Waals surface area contributed by atoms with Gasteiger partial charge >= 0.3 is 5.97 Å². The number of thiocarbonyl (C=S) groups is 1. The van der Waals surface area contributed by atoms with Gasteiger partial charge in [0.25, 0.3) is 11.8 Å². The monoisotopic (exact) mass is 473 g/mol. The van der Waals surface area contributed by atoms with E-state index in [2.05, 4.69) is 41.1 Å². The van der Waals surface area contributed by atoms with E-state index in [1.165, 1.54) is 34.7 Å². The average molecular weight is 474 g/mol. The van der Waals surface area contributed by atoms with Gasteiger partial charge in [-0.05, 0) is 92.2 Å². The van der Waals surface area contributed by atoms with Gasteiger partial charge in [0.1, 0.15) is 5.57 Å². The van der Waals surface area contributed by atoms with Crippen LogP contribution in [0.2, 0.25) is 0 Å². The summed E-state index contributed by atoms with van der Waals surface area (Å²) < 4.78 is 2.07. The van der Waals surface area contributed by atoms with Crippen LogP contribution in [-0.2, 0) is 16.0 Å². The fourth-order valence-electron chi connectivity index (χ4n) is 4.01. The Kier molecular flexibility index (Phi) is 6.17. The fourth-order valence-corrected chi connectivity index (χ4v) is 4.29. The number of hydrogen-bond acceptors (Lipinski definition) is 4. The second-order valence-electron chi connectivity index (χ2n) is 7.99. The zero-order valence-corrected chi connectivity index (χ0v) is 19.8. The highest BCUT2D eigenvalue weighted by molar-refractivity contribution is 7.80. The largest absolute Gasteiger partial charge is 0.478 e. The van der Waals surface area contributed by atoms with E-state index >= 15 is 0 Å². The van der Waals surface area contributed by atoms with Crippen molar-refractivity contribution < 1.29 is 19.5 Å². The van der Waals surface area contributed by atoms with E-state index < -0.39 is 17.8 Å². The SMILES string of the molecule is CCc1ccc(-n2c(C)cc(/C=C3\C(=O)NC(=S)N(c4ccc(C(=O)O)cc4)C3=O)c2C)cc1. The summed E-state index contributed by atoms with van der Waals surface area (Å²) in [6, 6.07) is 15.9. The molecule has 0 aliphatic carbocycles. The molecule has 0 atom stereocenters. The molecule has 8 heteroatoms. The van der Waals surface area contributed by atoms with Gasteiger partial charge in [0.2, 0.25) is 0 Å². The lowest BCUT2D eigenvalue weighted by atomic mass is 10.1. The number of benzene rings is 2. The number of hydrogen-bond donors (Lipinski definition) is 2. The average Bonchev–Trinajstić information content (AvgIpc) is 3.09. The lowest BCUT2D eigenvalue weighted by Crippen LogP contribution is -2.54. The highest BCUT2D eigenvalue weighted by Crippen LogP contribution is 2.26. The van der Waals surface area contributed by atoms with Gasteiger partial charge < -0.3 is 9.67 Å². The Morgan fingerprint density at radius 3 is 2.24 bits per heavy atom. The number of amides is 2. The second kappa shape index (κ2) is 9.07. The van der Waals surface area contributed by atoms with Crippen LogP contribution >= 0.6 is 12.2 Å². The summed E-state index contributed by atoms with van der Waals surface area (Å²) >= 11 is 5.23. The van der Waals surface area contributed by atoms with Crippen molar-refractivity contribution in [2.75, 3.05) is 4.90 Å². The first-order chi connectivity index (χ1) is 16.2. The van der Waals surface area contributed by atoms with E-state index in [4.69, 9.17) is 17.3 Å². The standard InChI is InChI=1S/C26H23N3O4S/c1-4-17-5-9-20(10-6-17)28-15(2)13-19(16(28)3)14-22-23(30)27-26(34)29(24(22)31)21-11-7-18(8-12-21)25(32)33/h5-14H,4H2,1-3H3,(H,32,33)(H,27,30,34)/b22-14+. The quantitative estimate of drug-likeness (QED) is 0.329. The van der Waals surface area contributed by atoms with Gasteiger partial charge in [0, 0.05) is 17.1 Å². The molecule has 1 aliphatic heterocycles. The third kappa shape index (κ3) is 4.15. The van der Waals surface area contributed by atoms with Crippen LogP contribution in [-0.4, -0.2) is 32.6 Å². The van der Waals surface area contributed by atoms with Gasteiger partial charge in [0.05, 0.1) is 11.3 Å². The van der Waals surface area contributed by atoms with Crippen molar-refractivity contribution in [3.8, 4) is 5.69 Å². The van der Waals surface area contributed by atoms with Crippen LogP contribution in [0.15, 0.2) is 60.2 Å². The zero-order chi connectivity index (χ0) is 24.6. The minimum atomic E-state index is -1.08. The summed E-state index contributed by atoms with van der Waals surface area (Å²) in [5, 5.41) is 11.6. The maximum absolute atomic E-state index is 13.3. The Morgan fingerprint density at radius 1 is 1.03 bits per heavy atom. The normalized spacial score (nSPS) is 15.1. The summed E-state index contributed by atoms with van der Waals surface area (Å²) in [5.74, 6) is -2.23. The minimum absolute atomic E-state index is 0.0579. The van der Waals surface area contributed by atoms with Crippen molar-refractivity contribution in [3.63, 3.8) is 0 Å². The van der Waals surface area contributed by atoms with Crippen LogP contribution < -0.4 is 10.2 Å². The summed E-state index contributed by atoms with van der Waals surface area (Å²) in [7, 11) is 0. The van der Waals surface area contributed by atoms with Gasteiger partial charge in [-0.3, -0.25) is 19.8 Å². The number of aromatic carboxylic acids is 1. The molecule has 34 heavy (non-hydrogen) atoms. The first-order valence-corrected chi connectivity index (χ1v) is 11.1. The molecule has 172 valence electrons. The lowest BCUT2D eigenvalue weighted by molar-refractivity contribution is -0.122. The van der Waals surface area contributed by atoms with E-state index in [9.17, 15) is 14.4 Å². The summed E-state index contributed by atoms with van der Waals surface area (Å²) in [4.78, 5) is 38.3. The molecular formula is C26H23N3O4S. The number of carbonyl (C=O) groups excluding carboxylic acids is 2. The predicted octanol–water partition coefficient (Wildman–Crippen LogP) is 4.19. The number of nitrogens with one attached hydrogen (secondary N) is 1. The molecule has 0 radical (unpaired) electrons. The van der Waals surface area contributed by atoms with Crippen molar-refractivity contribution in [2.24, 2.45) is 0 Å². The van der Waals surface area contributed by atoms with Crippen molar-refractivity contribution in [2.45, 2.75) is 27.2 Å². The molecule has 7 nitrogen and oxygen atoms in total. The fraction of sp³-hybridized carbons (Fsp3) is 0.154. The molecule has 2 N–H and O–H groups in total. The van der Waals surface area contributed by atoms with Crippen molar-refractivity contribution in [1.29, 1.82) is 0 Å².